The molecule has 2 aromatic carbocycles. The molecule has 0 aliphatic heterocycles. The third kappa shape index (κ3) is 4.44. The Morgan fingerprint density at radius 2 is 1.81 bits per heavy atom. The van der Waals surface area contributed by atoms with Crippen molar-refractivity contribution >= 4 is 12.4 Å². The summed E-state index contributed by atoms with van der Waals surface area (Å²) in [4.78, 5) is 15.4. The lowest BCUT2D eigenvalue weighted by atomic mass is 10.2. The molecule has 0 spiro atoms. The first-order valence-electron chi connectivity index (χ1n) is 8.61. The summed E-state index contributed by atoms with van der Waals surface area (Å²) in [6.45, 7) is 3.82. The molecule has 3 aromatic rings. The monoisotopic (exact) mass is 363 g/mol. The second-order valence-corrected chi connectivity index (χ2v) is 6.02. The van der Waals surface area contributed by atoms with Crippen molar-refractivity contribution in [1.29, 1.82) is 0 Å². The van der Waals surface area contributed by atoms with Crippen LogP contribution in [0.2, 0.25) is 0 Å². The molecule has 1 atom stereocenters. The zero-order valence-electron chi connectivity index (χ0n) is 15.5. The van der Waals surface area contributed by atoms with Crippen molar-refractivity contribution in [1.82, 2.24) is 4.98 Å². The van der Waals surface area contributed by atoms with Crippen molar-refractivity contribution < 1.29 is 18.7 Å². The number of aryl methyl sites for hydroxylation is 1. The number of nitrogens with zero attached hydrogens (tertiary/aromatic N) is 1. The molecule has 27 heavy (non-hydrogen) atoms. The second-order valence-electron chi connectivity index (χ2n) is 6.02. The minimum Gasteiger partial charge on any atom is -0.493 e. The van der Waals surface area contributed by atoms with E-state index in [0.29, 0.717) is 17.9 Å². The molecule has 1 aromatic heterocycles. The molecule has 0 amide bonds. The highest BCUT2D eigenvalue weighted by Crippen LogP contribution is 2.28. The minimum absolute atomic E-state index is 0.267. The predicted octanol–water partition coefficient (Wildman–Crippen LogP) is 4.98. The number of benzene rings is 2. The molecule has 5 heteroatoms. The Morgan fingerprint density at radius 3 is 2.44 bits per heavy atom. The van der Waals surface area contributed by atoms with E-state index >= 15 is 0 Å². The van der Waals surface area contributed by atoms with Gasteiger partial charge in [0.1, 0.15) is 23.3 Å². The van der Waals surface area contributed by atoms with Gasteiger partial charge < -0.3 is 13.9 Å². The van der Waals surface area contributed by atoms with Crippen LogP contribution >= 0.6 is 0 Å². The molecular weight excluding hydrogens is 342 g/mol. The predicted molar refractivity (Wildman–Crippen MR) is 103 cm³/mol. The molecule has 0 aliphatic carbocycles. The first-order chi connectivity index (χ1) is 13.1. The summed E-state index contributed by atoms with van der Waals surface area (Å²) in [5.74, 6) is 2.29. The lowest BCUT2D eigenvalue weighted by Gasteiger charge is -2.13. The highest BCUT2D eigenvalue weighted by atomic mass is 16.5. The van der Waals surface area contributed by atoms with E-state index < -0.39 is 0 Å². The van der Waals surface area contributed by atoms with Crippen LogP contribution in [0.5, 0.6) is 5.75 Å². The zero-order valence-corrected chi connectivity index (χ0v) is 15.5. The molecule has 3 rings (SSSR count). The van der Waals surface area contributed by atoms with Gasteiger partial charge in [0.25, 0.3) is 0 Å². The van der Waals surface area contributed by atoms with Crippen molar-refractivity contribution in [2.24, 2.45) is 0 Å². The van der Waals surface area contributed by atoms with E-state index in [2.05, 4.69) is 4.98 Å². The maximum atomic E-state index is 10.8. The fraction of sp³-hybridized carbons (Fsp3) is 0.182. The number of hydrogen-bond donors (Lipinski definition) is 0. The molecule has 0 fully saturated rings. The molecule has 1 unspecified atom stereocenters. The van der Waals surface area contributed by atoms with Crippen LogP contribution in [0, 0.1) is 6.92 Å². The third-order valence-corrected chi connectivity index (χ3v) is 4.09. The van der Waals surface area contributed by atoms with Crippen LogP contribution in [0.25, 0.3) is 17.5 Å². The normalized spacial score (nSPS) is 12.5. The summed E-state index contributed by atoms with van der Waals surface area (Å²) in [5, 5.41) is 0. The van der Waals surface area contributed by atoms with Gasteiger partial charge in [-0.15, -0.1) is 0 Å². The van der Waals surface area contributed by atoms with Gasteiger partial charge in [-0.05, 0) is 49.8 Å². The summed E-state index contributed by atoms with van der Waals surface area (Å²) in [6, 6.07) is 17.2. The van der Waals surface area contributed by atoms with Gasteiger partial charge in [-0.3, -0.25) is 4.79 Å². The smallest absolute Gasteiger partial charge is 0.226 e. The number of ether oxygens (including phenoxy) is 2. The Kier molecular flexibility index (Phi) is 5.71. The van der Waals surface area contributed by atoms with Gasteiger partial charge in [-0.2, -0.15) is 0 Å². The van der Waals surface area contributed by atoms with E-state index in [4.69, 9.17) is 13.9 Å². The Labute approximate surface area is 158 Å². The summed E-state index contributed by atoms with van der Waals surface area (Å²) in [6.07, 6.45) is 2.07. The molecule has 0 bridgehead atoms. The van der Waals surface area contributed by atoms with E-state index in [9.17, 15) is 4.79 Å². The van der Waals surface area contributed by atoms with Gasteiger partial charge in [0.15, 0.2) is 12.0 Å². The van der Waals surface area contributed by atoms with E-state index in [-0.39, 0.29) is 11.9 Å². The minimum atomic E-state index is -0.267. The number of aromatic nitrogens is 1. The number of aldehydes is 1. The molecule has 0 radical (unpaired) electrons. The van der Waals surface area contributed by atoms with Crippen LogP contribution < -0.4 is 4.74 Å². The number of rotatable bonds is 7. The van der Waals surface area contributed by atoms with Crippen molar-refractivity contribution in [3.05, 3.63) is 77.4 Å². The number of hydrogen-bond acceptors (Lipinski definition) is 5. The van der Waals surface area contributed by atoms with Gasteiger partial charge in [0, 0.05) is 5.56 Å². The lowest BCUT2D eigenvalue weighted by molar-refractivity contribution is -0.107. The van der Waals surface area contributed by atoms with Crippen LogP contribution in [0.4, 0.5) is 0 Å². The third-order valence-electron chi connectivity index (χ3n) is 4.09. The quantitative estimate of drug-likeness (QED) is 0.337. The maximum Gasteiger partial charge on any atom is 0.226 e. The highest BCUT2D eigenvalue weighted by molar-refractivity contribution is 5.78. The van der Waals surface area contributed by atoms with Crippen molar-refractivity contribution in [2.45, 2.75) is 20.0 Å². The van der Waals surface area contributed by atoms with E-state index in [0.717, 1.165) is 22.6 Å². The first kappa shape index (κ1) is 18.5. The summed E-state index contributed by atoms with van der Waals surface area (Å²) >= 11 is 0. The topological polar surface area (TPSA) is 61.6 Å². The molecule has 5 nitrogen and oxygen atoms in total. The Balaban J connectivity index is 1.74. The molecule has 138 valence electrons. The van der Waals surface area contributed by atoms with Gasteiger partial charge in [-0.1, -0.05) is 30.3 Å². The molecule has 0 saturated heterocycles. The van der Waals surface area contributed by atoms with Gasteiger partial charge in [0.2, 0.25) is 5.89 Å². The van der Waals surface area contributed by atoms with Crippen molar-refractivity contribution in [3.63, 3.8) is 0 Å². The molecule has 0 N–H and O–H groups in total. The Bertz CT molecular complexity index is 927. The Hall–Kier alpha value is -3.34. The van der Waals surface area contributed by atoms with Crippen molar-refractivity contribution in [2.75, 3.05) is 7.11 Å². The number of oxazole rings is 1. The van der Waals surface area contributed by atoms with Crippen LogP contribution in [0.1, 0.15) is 30.0 Å². The van der Waals surface area contributed by atoms with Crippen LogP contribution in [0.15, 0.2) is 64.8 Å². The average Bonchev–Trinajstić information content (AvgIpc) is 3.10. The molecule has 1 heterocycles. The zero-order chi connectivity index (χ0) is 19.2. The van der Waals surface area contributed by atoms with Gasteiger partial charge in [0.05, 0.1) is 7.11 Å². The fourth-order valence-corrected chi connectivity index (χ4v) is 2.70. The van der Waals surface area contributed by atoms with E-state index in [1.165, 1.54) is 7.11 Å². The van der Waals surface area contributed by atoms with Gasteiger partial charge in [-0.25, -0.2) is 4.98 Å². The summed E-state index contributed by atoms with van der Waals surface area (Å²) in [5.41, 5.74) is 2.54. The van der Waals surface area contributed by atoms with E-state index in [1.807, 2.05) is 68.4 Å². The molecule has 0 aliphatic rings. The fourth-order valence-electron chi connectivity index (χ4n) is 2.70. The average molecular weight is 363 g/mol. The summed E-state index contributed by atoms with van der Waals surface area (Å²) in [7, 11) is 1.46. The van der Waals surface area contributed by atoms with Gasteiger partial charge >= 0.3 is 0 Å². The standard InChI is InChI=1S/C22H21NO4/c1-15(21-16(2)27-22(23-21)18-7-5-4-6-8-18)26-19-11-9-17(10-12-19)13-20(14-24)25-3/h4-15H,1-3H3. The first-order valence-corrected chi connectivity index (χ1v) is 8.61. The maximum absolute atomic E-state index is 10.8. The summed E-state index contributed by atoms with van der Waals surface area (Å²) < 4.78 is 16.8. The number of methoxy groups -OCH3 is 1. The van der Waals surface area contributed by atoms with Crippen molar-refractivity contribution in [3.8, 4) is 17.2 Å². The second kappa shape index (κ2) is 8.36. The van der Waals surface area contributed by atoms with Crippen LogP contribution in [-0.4, -0.2) is 18.4 Å². The number of allylic oxidation sites excluding steroid dienone is 1. The van der Waals surface area contributed by atoms with Crippen LogP contribution in [-0.2, 0) is 9.53 Å². The van der Waals surface area contributed by atoms with Crippen LogP contribution in [0.3, 0.4) is 0 Å². The Morgan fingerprint density at radius 1 is 1.11 bits per heavy atom. The molecule has 0 saturated carbocycles. The van der Waals surface area contributed by atoms with E-state index in [1.54, 1.807) is 6.08 Å². The molecular formula is C22H21NO4. The SMILES string of the molecule is COC(C=O)=Cc1ccc(OC(C)c2nc(-c3ccccc3)oc2C)cc1. The largest absolute Gasteiger partial charge is 0.493 e. The number of carbonyl (C=O) groups excluding carboxylic acids is 1. The highest BCUT2D eigenvalue weighted by Gasteiger charge is 2.18. The number of carbonyl (C=O) groups is 1. The lowest BCUT2D eigenvalue weighted by Crippen LogP contribution is -2.05.